The minimum absolute atomic E-state index is 0.161. The molecule has 0 bridgehead atoms. The van der Waals surface area contributed by atoms with Crippen molar-refractivity contribution in [3.8, 4) is 11.5 Å². The molecule has 0 aromatic heterocycles. The number of anilines is 1. The van der Waals surface area contributed by atoms with Crippen LogP contribution in [0.1, 0.15) is 32.4 Å². The van der Waals surface area contributed by atoms with Crippen LogP contribution in [0.3, 0.4) is 0 Å². The fraction of sp³-hybridized carbons (Fsp3) is 0.350. The molecule has 0 spiro atoms. The first kappa shape index (κ1) is 18.8. The molecule has 5 nitrogen and oxygen atoms in total. The van der Waals surface area contributed by atoms with Gasteiger partial charge in [-0.2, -0.15) is 0 Å². The second-order valence-electron chi connectivity index (χ2n) is 5.74. The van der Waals surface area contributed by atoms with Crippen LogP contribution in [-0.2, 0) is 4.79 Å². The number of carbonyl (C=O) groups is 1. The largest absolute Gasteiger partial charge is 0.494 e. The SMILES string of the molecule is CCOc1ccc(OCC)c(NC(=O)C(C)C(N)c2ccccc2)c1. The lowest BCUT2D eigenvalue weighted by Gasteiger charge is -2.21. The van der Waals surface area contributed by atoms with E-state index in [0.717, 1.165) is 5.56 Å². The zero-order valence-electron chi connectivity index (χ0n) is 15.0. The van der Waals surface area contributed by atoms with Crippen LogP contribution in [0.2, 0.25) is 0 Å². The van der Waals surface area contributed by atoms with Gasteiger partial charge in [0, 0.05) is 12.1 Å². The fourth-order valence-corrected chi connectivity index (χ4v) is 2.52. The van der Waals surface area contributed by atoms with Crippen molar-refractivity contribution in [2.75, 3.05) is 18.5 Å². The van der Waals surface area contributed by atoms with Crippen molar-refractivity contribution >= 4 is 11.6 Å². The molecule has 5 heteroatoms. The molecule has 25 heavy (non-hydrogen) atoms. The quantitative estimate of drug-likeness (QED) is 0.766. The number of hydrogen-bond acceptors (Lipinski definition) is 4. The summed E-state index contributed by atoms with van der Waals surface area (Å²) in [6, 6.07) is 14.6. The van der Waals surface area contributed by atoms with E-state index in [0.29, 0.717) is 30.4 Å². The first-order chi connectivity index (χ1) is 12.1. The Morgan fingerprint density at radius 1 is 1.08 bits per heavy atom. The highest BCUT2D eigenvalue weighted by Crippen LogP contribution is 2.30. The minimum atomic E-state index is -0.396. The Balaban J connectivity index is 2.16. The van der Waals surface area contributed by atoms with Crippen molar-refractivity contribution in [3.63, 3.8) is 0 Å². The Kier molecular flexibility index (Phi) is 6.83. The molecule has 2 aromatic rings. The van der Waals surface area contributed by atoms with Crippen LogP contribution >= 0.6 is 0 Å². The molecule has 2 aromatic carbocycles. The number of benzene rings is 2. The Morgan fingerprint density at radius 3 is 2.40 bits per heavy atom. The normalized spacial score (nSPS) is 13.0. The Morgan fingerprint density at radius 2 is 1.76 bits per heavy atom. The molecule has 3 N–H and O–H groups in total. The molecular weight excluding hydrogens is 316 g/mol. The van der Waals surface area contributed by atoms with Crippen molar-refractivity contribution in [2.45, 2.75) is 26.8 Å². The van der Waals surface area contributed by atoms with E-state index in [1.54, 1.807) is 12.1 Å². The number of nitrogens with two attached hydrogens (primary N) is 1. The highest BCUT2D eigenvalue weighted by atomic mass is 16.5. The summed E-state index contributed by atoms with van der Waals surface area (Å²) in [5, 5.41) is 2.92. The lowest BCUT2D eigenvalue weighted by molar-refractivity contribution is -0.120. The summed E-state index contributed by atoms with van der Waals surface area (Å²) < 4.78 is 11.1. The molecule has 2 atom stereocenters. The molecule has 0 saturated heterocycles. The molecule has 0 aliphatic rings. The monoisotopic (exact) mass is 342 g/mol. The summed E-state index contributed by atoms with van der Waals surface area (Å²) >= 11 is 0. The predicted molar refractivity (Wildman–Crippen MR) is 99.9 cm³/mol. The summed E-state index contributed by atoms with van der Waals surface area (Å²) in [5.74, 6) is 0.736. The Bertz CT molecular complexity index is 689. The van der Waals surface area contributed by atoms with E-state index in [2.05, 4.69) is 5.32 Å². The third-order valence-corrected chi connectivity index (χ3v) is 3.96. The number of carbonyl (C=O) groups excluding carboxylic acids is 1. The first-order valence-electron chi connectivity index (χ1n) is 8.57. The van der Waals surface area contributed by atoms with E-state index in [9.17, 15) is 4.79 Å². The van der Waals surface area contributed by atoms with Crippen LogP contribution in [0.15, 0.2) is 48.5 Å². The molecule has 2 rings (SSSR count). The second-order valence-corrected chi connectivity index (χ2v) is 5.74. The summed E-state index contributed by atoms with van der Waals surface area (Å²) in [6.45, 7) is 6.69. The number of amides is 1. The average Bonchev–Trinajstić information content (AvgIpc) is 2.63. The van der Waals surface area contributed by atoms with Crippen LogP contribution in [0.25, 0.3) is 0 Å². The van der Waals surface area contributed by atoms with Crippen molar-refractivity contribution in [2.24, 2.45) is 11.7 Å². The van der Waals surface area contributed by atoms with Crippen molar-refractivity contribution in [1.29, 1.82) is 0 Å². The van der Waals surface area contributed by atoms with E-state index in [1.807, 2.05) is 57.2 Å². The number of nitrogens with one attached hydrogen (secondary N) is 1. The zero-order valence-corrected chi connectivity index (χ0v) is 15.0. The topological polar surface area (TPSA) is 73.6 Å². The fourth-order valence-electron chi connectivity index (χ4n) is 2.52. The number of hydrogen-bond donors (Lipinski definition) is 2. The maximum absolute atomic E-state index is 12.7. The van der Waals surface area contributed by atoms with Crippen molar-refractivity contribution in [1.82, 2.24) is 0 Å². The first-order valence-corrected chi connectivity index (χ1v) is 8.57. The minimum Gasteiger partial charge on any atom is -0.494 e. The highest BCUT2D eigenvalue weighted by Gasteiger charge is 2.23. The van der Waals surface area contributed by atoms with E-state index in [-0.39, 0.29) is 11.9 Å². The lowest BCUT2D eigenvalue weighted by atomic mass is 9.94. The van der Waals surface area contributed by atoms with Gasteiger partial charge in [0.15, 0.2) is 0 Å². The van der Waals surface area contributed by atoms with Crippen LogP contribution in [-0.4, -0.2) is 19.1 Å². The van der Waals surface area contributed by atoms with Gasteiger partial charge in [-0.1, -0.05) is 37.3 Å². The van der Waals surface area contributed by atoms with Gasteiger partial charge in [0.1, 0.15) is 11.5 Å². The third kappa shape index (κ3) is 4.97. The summed E-state index contributed by atoms with van der Waals surface area (Å²) in [5.41, 5.74) is 7.77. The van der Waals surface area contributed by atoms with Crippen LogP contribution in [0, 0.1) is 5.92 Å². The van der Waals surface area contributed by atoms with Crippen molar-refractivity contribution < 1.29 is 14.3 Å². The lowest BCUT2D eigenvalue weighted by Crippen LogP contribution is -2.30. The predicted octanol–water partition coefficient (Wildman–Crippen LogP) is 3.76. The van der Waals surface area contributed by atoms with Gasteiger partial charge >= 0.3 is 0 Å². The van der Waals surface area contributed by atoms with Gasteiger partial charge in [-0.3, -0.25) is 4.79 Å². The van der Waals surface area contributed by atoms with Gasteiger partial charge in [-0.15, -0.1) is 0 Å². The average molecular weight is 342 g/mol. The highest BCUT2D eigenvalue weighted by molar-refractivity contribution is 5.94. The van der Waals surface area contributed by atoms with E-state index in [1.165, 1.54) is 0 Å². The van der Waals surface area contributed by atoms with Gasteiger partial charge in [-0.05, 0) is 31.5 Å². The summed E-state index contributed by atoms with van der Waals surface area (Å²) in [6.07, 6.45) is 0. The maximum atomic E-state index is 12.7. The van der Waals surface area contributed by atoms with Gasteiger partial charge in [0.05, 0.1) is 24.8 Å². The standard InChI is InChI=1S/C20H26N2O3/c1-4-24-16-11-12-18(25-5-2)17(13-16)22-20(23)14(3)19(21)15-9-7-6-8-10-15/h6-14,19H,4-5,21H2,1-3H3,(H,22,23). The van der Waals surface area contributed by atoms with E-state index < -0.39 is 5.92 Å². The van der Waals surface area contributed by atoms with Crippen LogP contribution < -0.4 is 20.5 Å². The van der Waals surface area contributed by atoms with E-state index in [4.69, 9.17) is 15.2 Å². The van der Waals surface area contributed by atoms with Crippen LogP contribution in [0.4, 0.5) is 5.69 Å². The number of rotatable bonds is 8. The molecule has 0 fully saturated rings. The summed E-state index contributed by atoms with van der Waals surface area (Å²) in [4.78, 5) is 12.7. The molecule has 0 aliphatic heterocycles. The van der Waals surface area contributed by atoms with Gasteiger partial charge in [0.2, 0.25) is 5.91 Å². The number of ether oxygens (including phenoxy) is 2. The molecule has 0 aliphatic carbocycles. The maximum Gasteiger partial charge on any atom is 0.229 e. The molecule has 134 valence electrons. The van der Waals surface area contributed by atoms with E-state index >= 15 is 0 Å². The van der Waals surface area contributed by atoms with Gasteiger partial charge in [-0.25, -0.2) is 0 Å². The van der Waals surface area contributed by atoms with Crippen LogP contribution in [0.5, 0.6) is 11.5 Å². The van der Waals surface area contributed by atoms with Gasteiger partial charge < -0.3 is 20.5 Å². The molecule has 1 amide bonds. The second kappa shape index (κ2) is 9.08. The van der Waals surface area contributed by atoms with Crippen molar-refractivity contribution in [3.05, 3.63) is 54.1 Å². The summed E-state index contributed by atoms with van der Waals surface area (Å²) in [7, 11) is 0. The molecular formula is C20H26N2O3. The smallest absolute Gasteiger partial charge is 0.229 e. The third-order valence-electron chi connectivity index (χ3n) is 3.96. The van der Waals surface area contributed by atoms with Gasteiger partial charge in [0.25, 0.3) is 0 Å². The molecule has 0 saturated carbocycles. The Hall–Kier alpha value is -2.53. The Labute approximate surface area is 149 Å². The molecule has 0 radical (unpaired) electrons. The molecule has 0 heterocycles. The molecule has 2 unspecified atom stereocenters. The zero-order chi connectivity index (χ0) is 18.2.